The van der Waals surface area contributed by atoms with Crippen LogP contribution >= 0.6 is 15.9 Å². The molecule has 16 nitrogen and oxygen atoms in total. The van der Waals surface area contributed by atoms with Crippen molar-refractivity contribution in [3.63, 3.8) is 0 Å². The second-order valence-corrected chi connectivity index (χ2v) is 16.9. The van der Waals surface area contributed by atoms with Crippen LogP contribution < -0.4 is 22.8 Å². The van der Waals surface area contributed by atoms with Crippen molar-refractivity contribution >= 4 is 38.5 Å². The number of nitrogens with one attached hydrogen (secondary N) is 4. The minimum Gasteiger partial charge on any atom is -0.247 e. The lowest BCUT2D eigenvalue weighted by molar-refractivity contribution is 0.704. The summed E-state index contributed by atoms with van der Waals surface area (Å²) < 4.78 is 6.98. The highest BCUT2D eigenvalue weighted by molar-refractivity contribution is 9.10. The molecule has 8 aromatic rings. The monoisotopic (exact) mass is 888 g/mol. The van der Waals surface area contributed by atoms with Crippen LogP contribution in [0, 0.1) is 35.5 Å². The van der Waals surface area contributed by atoms with Crippen LogP contribution in [0.3, 0.4) is 0 Å². The van der Waals surface area contributed by atoms with E-state index in [1.54, 1.807) is 27.0 Å². The normalized spacial score (nSPS) is 15.4. The van der Waals surface area contributed by atoms with Gasteiger partial charge in [-0.2, -0.15) is 20.4 Å². The molecular weight excluding hydrogens is 840 g/mol. The number of aromatic nitrogens is 12. The zero-order chi connectivity index (χ0) is 42.3. The molecular formula is C44H49BrN12O4. The molecule has 4 aliphatic rings. The number of aromatic amines is 4. The highest BCUT2D eigenvalue weighted by Crippen LogP contribution is 2.34. The fourth-order valence-electron chi connectivity index (χ4n) is 6.84. The van der Waals surface area contributed by atoms with Gasteiger partial charge in [-0.15, -0.1) is 0 Å². The van der Waals surface area contributed by atoms with Gasteiger partial charge in [0, 0.05) is 17.3 Å². The molecule has 0 aliphatic heterocycles. The van der Waals surface area contributed by atoms with Crippen molar-refractivity contribution < 1.29 is 0 Å². The maximum Gasteiger partial charge on any atom is 0.348 e. The predicted octanol–water partition coefficient (Wildman–Crippen LogP) is 6.11. The van der Waals surface area contributed by atoms with Crippen LogP contribution in [0.4, 0.5) is 0 Å². The van der Waals surface area contributed by atoms with Crippen LogP contribution in [0.15, 0.2) is 96.6 Å². The van der Waals surface area contributed by atoms with Crippen molar-refractivity contribution in [3.8, 4) is 11.8 Å². The second kappa shape index (κ2) is 19.0. The quantitative estimate of drug-likeness (QED) is 0.109. The molecule has 0 unspecified atom stereocenters. The summed E-state index contributed by atoms with van der Waals surface area (Å²) >= 11 is 3.23. The molecule has 12 rings (SSSR count). The van der Waals surface area contributed by atoms with Gasteiger partial charge in [0.1, 0.15) is 5.69 Å². The fraction of sp³-hybridized carbons (Fsp3) is 0.409. The Labute approximate surface area is 358 Å². The highest BCUT2D eigenvalue weighted by atomic mass is 79.9. The summed E-state index contributed by atoms with van der Waals surface area (Å²) in [6, 6.07) is 22.4. The predicted molar refractivity (Wildman–Crippen MR) is 236 cm³/mol. The molecule has 4 saturated carbocycles. The van der Waals surface area contributed by atoms with Crippen LogP contribution in [0.1, 0.15) is 94.6 Å². The first-order chi connectivity index (χ1) is 29.7. The first-order valence-corrected chi connectivity index (χ1v) is 21.9. The van der Waals surface area contributed by atoms with Crippen molar-refractivity contribution in [2.45, 2.75) is 90.4 Å². The number of fused-ring (bicyclic) bond motifs is 4. The van der Waals surface area contributed by atoms with E-state index in [1.807, 2.05) is 54.6 Å². The van der Waals surface area contributed by atoms with Crippen molar-refractivity contribution in [2.24, 2.45) is 23.7 Å². The minimum absolute atomic E-state index is 0.128. The minimum atomic E-state index is -0.231. The van der Waals surface area contributed by atoms with Crippen molar-refractivity contribution in [2.75, 3.05) is 0 Å². The lowest BCUT2D eigenvalue weighted by Gasteiger charge is -2.02. The molecule has 0 atom stereocenters. The zero-order valence-corrected chi connectivity index (χ0v) is 35.6. The largest absolute Gasteiger partial charge is 0.348 e. The Morgan fingerprint density at radius 3 is 1.38 bits per heavy atom. The topological polar surface area (TPSA) is 201 Å². The molecule has 4 fully saturated rings. The third-order valence-corrected chi connectivity index (χ3v) is 11.8. The maximum atomic E-state index is 11.5. The van der Waals surface area contributed by atoms with Crippen LogP contribution in [-0.4, -0.2) is 58.4 Å². The van der Waals surface area contributed by atoms with Crippen LogP contribution in [0.2, 0.25) is 0 Å². The SMILES string of the molecule is CCC1CC1.O=c1[nH]nc2cccc(Br)n12.O=c1[nH]nc2cccc(C#CC3CC3)n12.O=c1[nH]nc2cccc(CCC3CC3)n12.O=c1[nH]nc2cccc(CCC3CC3)n12. The average Bonchev–Trinajstić information content (AvgIpc) is 4.11. The summed E-state index contributed by atoms with van der Waals surface area (Å²) in [6.07, 6.45) is 16.6. The molecule has 0 aromatic carbocycles. The zero-order valence-electron chi connectivity index (χ0n) is 34.0. The molecule has 0 amide bonds. The lowest BCUT2D eigenvalue weighted by Crippen LogP contribution is -2.13. The molecule has 316 valence electrons. The van der Waals surface area contributed by atoms with E-state index < -0.39 is 0 Å². The summed E-state index contributed by atoms with van der Waals surface area (Å²) in [4.78, 5) is 45.5. The third kappa shape index (κ3) is 10.9. The first-order valence-electron chi connectivity index (χ1n) is 21.1. The molecule has 4 N–H and O–H groups in total. The van der Waals surface area contributed by atoms with E-state index in [0.29, 0.717) is 38.8 Å². The molecule has 0 bridgehead atoms. The van der Waals surface area contributed by atoms with Crippen LogP contribution in [-0.2, 0) is 12.8 Å². The van der Waals surface area contributed by atoms with Gasteiger partial charge < -0.3 is 0 Å². The highest BCUT2D eigenvalue weighted by Gasteiger charge is 2.22. The standard InChI is InChI=1S/2C11H13N3O.C11H9N3O.C6H4BrN3O.C5H10/c3*15-11-13-12-10-3-1-2-9(14(10)11)7-6-8-4-5-8;7-4-2-1-3-5-8-9-6(11)10(4)5;1-2-5-3-4-5/h2*1-3,8H,4-7H2,(H,13,15);1-3,8H,4-5H2,(H,13,15);1-3H,(H,9,11);5H,2-4H2,1H3. The first kappa shape index (κ1) is 41.5. The van der Waals surface area contributed by atoms with Gasteiger partial charge in [-0.05, 0) is 127 Å². The Bertz CT molecular complexity index is 2950. The van der Waals surface area contributed by atoms with E-state index in [0.717, 1.165) is 42.0 Å². The van der Waals surface area contributed by atoms with Crippen molar-refractivity contribution in [1.82, 2.24) is 58.4 Å². The van der Waals surface area contributed by atoms with E-state index in [9.17, 15) is 19.2 Å². The Morgan fingerprint density at radius 1 is 0.541 bits per heavy atom. The van der Waals surface area contributed by atoms with Gasteiger partial charge in [0.15, 0.2) is 22.6 Å². The van der Waals surface area contributed by atoms with E-state index in [2.05, 4.69) is 75.5 Å². The molecule has 17 heteroatoms. The number of hydrogen-bond acceptors (Lipinski definition) is 8. The van der Waals surface area contributed by atoms with Gasteiger partial charge in [-0.1, -0.05) is 82.1 Å². The number of pyridine rings is 4. The van der Waals surface area contributed by atoms with E-state index in [-0.39, 0.29) is 22.8 Å². The smallest absolute Gasteiger partial charge is 0.247 e. The third-order valence-electron chi connectivity index (χ3n) is 11.1. The molecule has 0 radical (unpaired) electrons. The number of nitrogens with zero attached hydrogens (tertiary/aromatic N) is 8. The van der Waals surface area contributed by atoms with Crippen LogP contribution in [0.25, 0.3) is 22.6 Å². The summed E-state index contributed by atoms with van der Waals surface area (Å²) in [5.74, 6) is 9.61. The van der Waals surface area contributed by atoms with Crippen molar-refractivity contribution in [3.05, 3.63) is 136 Å². The lowest BCUT2D eigenvalue weighted by atomic mass is 10.1. The molecule has 8 heterocycles. The second-order valence-electron chi connectivity index (χ2n) is 16.0. The number of hydrogen-bond donors (Lipinski definition) is 4. The maximum absolute atomic E-state index is 11.5. The molecule has 8 aromatic heterocycles. The molecule has 61 heavy (non-hydrogen) atoms. The van der Waals surface area contributed by atoms with Gasteiger partial charge in [-0.25, -0.2) is 57.2 Å². The van der Waals surface area contributed by atoms with Gasteiger partial charge in [0.25, 0.3) is 0 Å². The summed E-state index contributed by atoms with van der Waals surface area (Å²) in [7, 11) is 0. The Balaban J connectivity index is 0.000000109. The van der Waals surface area contributed by atoms with Gasteiger partial charge in [0.05, 0.1) is 4.60 Å². The summed E-state index contributed by atoms with van der Waals surface area (Å²) in [5, 5.41) is 25.3. The summed E-state index contributed by atoms with van der Waals surface area (Å²) in [5.41, 5.74) is 4.79. The Kier molecular flexibility index (Phi) is 12.9. The number of halogens is 1. The Morgan fingerprint density at radius 2 is 0.951 bits per heavy atom. The van der Waals surface area contributed by atoms with E-state index in [4.69, 9.17) is 0 Å². The summed E-state index contributed by atoms with van der Waals surface area (Å²) in [6.45, 7) is 2.26. The molecule has 0 spiro atoms. The number of H-pyrrole nitrogens is 4. The van der Waals surface area contributed by atoms with Gasteiger partial charge in [0.2, 0.25) is 0 Å². The van der Waals surface area contributed by atoms with Gasteiger partial charge >= 0.3 is 22.8 Å². The van der Waals surface area contributed by atoms with E-state index in [1.165, 1.54) is 79.4 Å². The van der Waals surface area contributed by atoms with Crippen LogP contribution in [0.5, 0.6) is 0 Å². The number of aryl methyl sites for hydroxylation is 2. The fourth-order valence-corrected chi connectivity index (χ4v) is 7.34. The Hall–Kier alpha value is -6.28. The molecule has 0 saturated heterocycles. The van der Waals surface area contributed by atoms with E-state index >= 15 is 0 Å². The average molecular weight is 890 g/mol. The van der Waals surface area contributed by atoms with Crippen molar-refractivity contribution in [1.29, 1.82) is 0 Å². The number of rotatable bonds is 7. The molecule has 4 aliphatic carbocycles. The van der Waals surface area contributed by atoms with Gasteiger partial charge in [-0.3, -0.25) is 0 Å².